The van der Waals surface area contributed by atoms with Crippen molar-refractivity contribution in [2.24, 2.45) is 0 Å². The highest BCUT2D eigenvalue weighted by Crippen LogP contribution is 2.36. The van der Waals surface area contributed by atoms with Crippen LogP contribution in [0.25, 0.3) is 10.8 Å². The molecule has 9 heteroatoms. The van der Waals surface area contributed by atoms with Crippen LogP contribution in [0.5, 0.6) is 6.01 Å². The highest BCUT2D eigenvalue weighted by Gasteiger charge is 2.37. The summed E-state index contributed by atoms with van der Waals surface area (Å²) in [6, 6.07) is 17.3. The smallest absolute Gasteiger partial charge is 0.318 e. The predicted octanol–water partition coefficient (Wildman–Crippen LogP) is 3.69. The van der Waals surface area contributed by atoms with Crippen LogP contribution in [-0.2, 0) is 13.0 Å². The summed E-state index contributed by atoms with van der Waals surface area (Å²) >= 11 is 0. The summed E-state index contributed by atoms with van der Waals surface area (Å²) in [6.45, 7) is 10.4. The van der Waals surface area contributed by atoms with Crippen LogP contribution in [0.4, 0.5) is 11.5 Å². The lowest BCUT2D eigenvalue weighted by Crippen LogP contribution is -2.54. The number of likely N-dealkylation sites (N-methyl/N-ethyl adjacent to an activating group) is 2. The lowest BCUT2D eigenvalue weighted by atomic mass is 9.99. The van der Waals surface area contributed by atoms with Gasteiger partial charge in [0.05, 0.1) is 24.7 Å². The van der Waals surface area contributed by atoms with Gasteiger partial charge in [0.15, 0.2) is 0 Å². The number of aryl methyl sites for hydroxylation is 1. The summed E-state index contributed by atoms with van der Waals surface area (Å²) < 4.78 is 6.38. The Morgan fingerprint density at radius 2 is 1.77 bits per heavy atom. The molecule has 3 saturated heterocycles. The van der Waals surface area contributed by atoms with Gasteiger partial charge in [0.2, 0.25) is 0 Å². The molecule has 2 aromatic carbocycles. The second-order valence-corrected chi connectivity index (χ2v) is 13.0. The molecule has 1 aromatic heterocycles. The van der Waals surface area contributed by atoms with Crippen molar-refractivity contribution in [2.45, 2.75) is 57.3 Å². The molecule has 4 atom stereocenters. The van der Waals surface area contributed by atoms with Crippen LogP contribution in [0.15, 0.2) is 36.4 Å². The van der Waals surface area contributed by atoms with Crippen LogP contribution in [0, 0.1) is 18.3 Å². The molecule has 4 aliphatic rings. The standard InChI is InChI=1S/C34H44N8O/c1-24-7-4-8-25-9-5-11-31(32(24)25)41-16-13-29-30(22-41)36-34(43-23-27-10-6-15-38(27)2)37-33(29)42-18-17-40(21-28-19-39(28)3)26(20-42)12-14-35/h4-5,7-9,11,26-28H,6,10,12-13,15-23H2,1-3H3. The Hall–Kier alpha value is -3.45. The molecule has 3 fully saturated rings. The number of aromatic nitrogens is 2. The van der Waals surface area contributed by atoms with E-state index in [1.807, 2.05) is 0 Å². The molecule has 0 amide bonds. The number of hydrogen-bond acceptors (Lipinski definition) is 9. The van der Waals surface area contributed by atoms with Crippen LogP contribution in [0.1, 0.15) is 36.1 Å². The largest absolute Gasteiger partial charge is 0.462 e. The molecular formula is C34H44N8O. The van der Waals surface area contributed by atoms with Crippen molar-refractivity contribution in [1.82, 2.24) is 24.7 Å². The van der Waals surface area contributed by atoms with Gasteiger partial charge < -0.3 is 19.4 Å². The van der Waals surface area contributed by atoms with Crippen LogP contribution < -0.4 is 14.5 Å². The number of piperazine rings is 1. The highest BCUT2D eigenvalue weighted by atomic mass is 16.5. The quantitative estimate of drug-likeness (QED) is 0.371. The molecular weight excluding hydrogens is 536 g/mol. The van der Waals surface area contributed by atoms with Gasteiger partial charge in [-0.2, -0.15) is 15.2 Å². The summed E-state index contributed by atoms with van der Waals surface area (Å²) in [7, 11) is 4.36. The molecule has 226 valence electrons. The topological polar surface area (TPSA) is 74.8 Å². The zero-order chi connectivity index (χ0) is 29.5. The van der Waals surface area contributed by atoms with Crippen molar-refractivity contribution >= 4 is 22.3 Å². The second-order valence-electron chi connectivity index (χ2n) is 13.0. The van der Waals surface area contributed by atoms with Crippen molar-refractivity contribution in [1.29, 1.82) is 5.26 Å². The molecule has 3 aromatic rings. The van der Waals surface area contributed by atoms with Gasteiger partial charge in [-0.25, -0.2) is 0 Å². The van der Waals surface area contributed by atoms with E-state index in [1.165, 1.54) is 34.0 Å². The monoisotopic (exact) mass is 580 g/mol. The number of hydrogen-bond donors (Lipinski definition) is 0. The summed E-state index contributed by atoms with van der Waals surface area (Å²) in [4.78, 5) is 22.4. The predicted molar refractivity (Wildman–Crippen MR) is 171 cm³/mol. The zero-order valence-corrected chi connectivity index (χ0v) is 25.9. The van der Waals surface area contributed by atoms with E-state index in [2.05, 4.69) is 88.0 Å². The second kappa shape index (κ2) is 11.9. The Labute approximate surface area is 255 Å². The van der Waals surface area contributed by atoms with Gasteiger partial charge >= 0.3 is 6.01 Å². The summed E-state index contributed by atoms with van der Waals surface area (Å²) in [5, 5.41) is 12.3. The van der Waals surface area contributed by atoms with E-state index in [0.29, 0.717) is 31.1 Å². The third-order valence-electron chi connectivity index (χ3n) is 10.2. The van der Waals surface area contributed by atoms with Gasteiger partial charge in [0.25, 0.3) is 0 Å². The first-order chi connectivity index (χ1) is 21.0. The fraction of sp³-hybridized carbons (Fsp3) is 0.559. The summed E-state index contributed by atoms with van der Waals surface area (Å²) in [5.74, 6) is 1.01. The normalized spacial score (nSPS) is 26.0. The van der Waals surface area contributed by atoms with Crippen molar-refractivity contribution in [3.05, 3.63) is 53.2 Å². The molecule has 9 nitrogen and oxygen atoms in total. The van der Waals surface area contributed by atoms with Gasteiger partial charge in [-0.05, 0) is 63.8 Å². The Morgan fingerprint density at radius 1 is 0.930 bits per heavy atom. The maximum Gasteiger partial charge on any atom is 0.318 e. The first-order valence-corrected chi connectivity index (χ1v) is 16.0. The molecule has 0 saturated carbocycles. The van der Waals surface area contributed by atoms with Crippen molar-refractivity contribution in [3.8, 4) is 12.1 Å². The van der Waals surface area contributed by atoms with Crippen LogP contribution >= 0.6 is 0 Å². The molecule has 0 aliphatic carbocycles. The average Bonchev–Trinajstić information content (AvgIpc) is 3.55. The molecule has 0 bridgehead atoms. The maximum absolute atomic E-state index is 9.70. The Bertz CT molecular complexity index is 1520. The Balaban J connectivity index is 1.19. The molecule has 43 heavy (non-hydrogen) atoms. The van der Waals surface area contributed by atoms with Gasteiger partial charge in [-0.1, -0.05) is 30.3 Å². The van der Waals surface area contributed by atoms with Crippen LogP contribution in [0.3, 0.4) is 0 Å². The zero-order valence-electron chi connectivity index (χ0n) is 25.9. The number of rotatable bonds is 8. The SMILES string of the molecule is Cc1cccc2cccc(N3CCc4c(nc(OCC5CCCN5C)nc4N4CCN(CC5CN5C)C(CC#N)C4)C3)c12. The third kappa shape index (κ3) is 5.76. The highest BCUT2D eigenvalue weighted by molar-refractivity contribution is 5.97. The number of nitrogens with zero attached hydrogens (tertiary/aromatic N) is 8. The fourth-order valence-corrected chi connectivity index (χ4v) is 7.43. The summed E-state index contributed by atoms with van der Waals surface area (Å²) in [5.41, 5.74) is 4.87. The van der Waals surface area contributed by atoms with E-state index in [1.54, 1.807) is 0 Å². The molecule has 7 rings (SSSR count). The number of ether oxygens (including phenoxy) is 1. The van der Waals surface area contributed by atoms with Gasteiger partial charge in [-0.15, -0.1) is 0 Å². The number of benzene rings is 2. The maximum atomic E-state index is 9.70. The minimum Gasteiger partial charge on any atom is -0.462 e. The average molecular weight is 581 g/mol. The minimum atomic E-state index is 0.202. The lowest BCUT2D eigenvalue weighted by Gasteiger charge is -2.42. The molecule has 0 N–H and O–H groups in total. The van der Waals surface area contributed by atoms with Crippen LogP contribution in [0.2, 0.25) is 0 Å². The van der Waals surface area contributed by atoms with Crippen LogP contribution in [-0.4, -0.2) is 109 Å². The molecule has 0 radical (unpaired) electrons. The first-order valence-electron chi connectivity index (χ1n) is 16.0. The Morgan fingerprint density at radius 3 is 2.53 bits per heavy atom. The van der Waals surface area contributed by atoms with Crippen molar-refractivity contribution in [2.75, 3.05) is 76.3 Å². The van der Waals surface area contributed by atoms with E-state index in [4.69, 9.17) is 14.7 Å². The first kappa shape index (κ1) is 28.3. The van der Waals surface area contributed by atoms with E-state index in [9.17, 15) is 5.26 Å². The molecule has 0 spiro atoms. The van der Waals surface area contributed by atoms with E-state index < -0.39 is 0 Å². The fourth-order valence-electron chi connectivity index (χ4n) is 7.43. The van der Waals surface area contributed by atoms with Gasteiger partial charge in [0, 0.05) is 74.0 Å². The number of likely N-dealkylation sites (tertiary alicyclic amines) is 1. The Kier molecular flexibility index (Phi) is 7.85. The van der Waals surface area contributed by atoms with E-state index in [-0.39, 0.29) is 6.04 Å². The summed E-state index contributed by atoms with van der Waals surface area (Å²) in [6.07, 6.45) is 3.78. The molecule has 4 aliphatic heterocycles. The number of anilines is 2. The van der Waals surface area contributed by atoms with E-state index in [0.717, 1.165) is 76.7 Å². The molecule has 5 heterocycles. The molecule has 4 unspecified atom stereocenters. The van der Waals surface area contributed by atoms with Gasteiger partial charge in [-0.3, -0.25) is 9.80 Å². The van der Waals surface area contributed by atoms with Crippen molar-refractivity contribution < 1.29 is 4.74 Å². The lowest BCUT2D eigenvalue weighted by molar-refractivity contribution is 0.173. The number of nitriles is 1. The minimum absolute atomic E-state index is 0.202. The third-order valence-corrected chi connectivity index (χ3v) is 10.2. The van der Waals surface area contributed by atoms with Gasteiger partial charge in [0.1, 0.15) is 12.4 Å². The van der Waals surface area contributed by atoms with Crippen molar-refractivity contribution in [3.63, 3.8) is 0 Å². The number of fused-ring (bicyclic) bond motifs is 2. The van der Waals surface area contributed by atoms with E-state index >= 15 is 0 Å².